The van der Waals surface area contributed by atoms with Crippen LogP contribution in [0.3, 0.4) is 0 Å². The van der Waals surface area contributed by atoms with E-state index in [1.807, 2.05) is 0 Å². The molecule has 0 radical (unpaired) electrons. The zero-order valence-electron chi connectivity index (χ0n) is 36.3. The van der Waals surface area contributed by atoms with Crippen LogP contribution in [-0.2, 0) is 27.9 Å². The molecular weight excluding hydrogens is 734 g/mol. The van der Waals surface area contributed by atoms with Crippen molar-refractivity contribution in [3.63, 3.8) is 0 Å². The van der Waals surface area contributed by atoms with E-state index in [4.69, 9.17) is 24.3 Å². The minimum Gasteiger partial charge on any atom is -0.457 e. The van der Waals surface area contributed by atoms with E-state index in [9.17, 15) is 14.3 Å². The van der Waals surface area contributed by atoms with Gasteiger partial charge in [0.1, 0.15) is 6.10 Å². The first-order chi connectivity index (χ1) is 27.9. The van der Waals surface area contributed by atoms with Gasteiger partial charge in [0.15, 0.2) is 0 Å². The Morgan fingerprint density at radius 1 is 0.544 bits per heavy atom. The van der Waals surface area contributed by atoms with Crippen LogP contribution in [0.15, 0.2) is 85.1 Å². The van der Waals surface area contributed by atoms with Gasteiger partial charge < -0.3 is 20.1 Å². The van der Waals surface area contributed by atoms with Gasteiger partial charge in [-0.1, -0.05) is 163 Å². The summed E-state index contributed by atoms with van der Waals surface area (Å²) in [7, 11) is -4.30. The molecule has 3 N–H and O–H groups in total. The maximum Gasteiger partial charge on any atom is 0.472 e. The molecule has 0 rings (SSSR count). The number of hydrogen-bond donors (Lipinski definition) is 2. The third-order valence-corrected chi connectivity index (χ3v) is 10.0. The zero-order chi connectivity index (χ0) is 41.6. The quantitative estimate of drug-likeness (QED) is 0.0271. The van der Waals surface area contributed by atoms with Crippen LogP contribution in [0.2, 0.25) is 0 Å². The number of carbonyl (C=O) groups is 1. The minimum atomic E-state index is -4.30. The van der Waals surface area contributed by atoms with E-state index >= 15 is 0 Å². The summed E-state index contributed by atoms with van der Waals surface area (Å²) in [5.74, 6) is -0.366. The van der Waals surface area contributed by atoms with Crippen molar-refractivity contribution in [3.05, 3.63) is 85.1 Å². The van der Waals surface area contributed by atoms with Gasteiger partial charge in [-0.25, -0.2) is 4.57 Å². The van der Waals surface area contributed by atoms with Gasteiger partial charge in [-0.15, -0.1) is 0 Å². The van der Waals surface area contributed by atoms with Crippen LogP contribution in [0.1, 0.15) is 174 Å². The van der Waals surface area contributed by atoms with E-state index in [1.54, 1.807) is 0 Å². The Bertz CT molecular complexity index is 1140. The molecule has 0 spiro atoms. The van der Waals surface area contributed by atoms with Crippen LogP contribution in [0.4, 0.5) is 0 Å². The lowest BCUT2D eigenvalue weighted by atomic mass is 10.1. The van der Waals surface area contributed by atoms with E-state index in [0.29, 0.717) is 13.0 Å². The van der Waals surface area contributed by atoms with Crippen molar-refractivity contribution in [2.45, 2.75) is 180 Å². The van der Waals surface area contributed by atoms with Gasteiger partial charge in [-0.3, -0.25) is 13.8 Å². The molecule has 0 saturated heterocycles. The predicted molar refractivity (Wildman–Crippen MR) is 242 cm³/mol. The van der Waals surface area contributed by atoms with Crippen molar-refractivity contribution in [3.8, 4) is 0 Å². The molecule has 2 unspecified atom stereocenters. The maximum absolute atomic E-state index is 12.6. The first kappa shape index (κ1) is 54.7. The summed E-state index contributed by atoms with van der Waals surface area (Å²) in [6.45, 7) is 4.72. The highest BCUT2D eigenvalue weighted by atomic mass is 31.2. The molecule has 0 amide bonds. The van der Waals surface area contributed by atoms with Crippen LogP contribution in [-0.4, -0.2) is 49.9 Å². The number of phosphoric ester groups is 1. The highest BCUT2D eigenvalue weighted by Gasteiger charge is 2.25. The lowest BCUT2D eigenvalue weighted by Crippen LogP contribution is -2.28. The number of ether oxygens (including phenoxy) is 2. The molecule has 2 atom stereocenters. The molecule has 0 saturated carbocycles. The molecule has 0 aliphatic heterocycles. The van der Waals surface area contributed by atoms with Crippen LogP contribution in [0.25, 0.3) is 0 Å². The van der Waals surface area contributed by atoms with Crippen LogP contribution in [0.5, 0.6) is 0 Å². The molecule has 0 bridgehead atoms. The fourth-order valence-electron chi connectivity index (χ4n) is 5.76. The van der Waals surface area contributed by atoms with Crippen molar-refractivity contribution in [2.75, 3.05) is 33.0 Å². The van der Waals surface area contributed by atoms with Gasteiger partial charge in [-0.2, -0.15) is 0 Å². The Morgan fingerprint density at radius 2 is 0.982 bits per heavy atom. The summed E-state index contributed by atoms with van der Waals surface area (Å²) >= 11 is 0. The van der Waals surface area contributed by atoms with E-state index in [0.717, 1.165) is 70.6 Å². The lowest BCUT2D eigenvalue weighted by Gasteiger charge is -2.20. The average Bonchev–Trinajstić information content (AvgIpc) is 3.20. The number of nitrogens with two attached hydrogens (primary N) is 1. The van der Waals surface area contributed by atoms with Gasteiger partial charge >= 0.3 is 13.8 Å². The average molecular weight is 818 g/mol. The Morgan fingerprint density at radius 3 is 1.47 bits per heavy atom. The number of allylic oxidation sites excluding steroid dienone is 14. The SMILES string of the molecule is CC/C=C\C/C=C\C/C=C\C/C=C\C/C=C\CCCCCC(=O)OC(COCCCCCCCCCC/C=C\C/C=C\CCCCCC)COP(=O)(O)OCCN. The summed E-state index contributed by atoms with van der Waals surface area (Å²) < 4.78 is 33.4. The largest absolute Gasteiger partial charge is 0.472 e. The normalized spacial score (nSPS) is 14.2. The molecule has 0 aliphatic rings. The molecule has 0 aromatic carbocycles. The molecule has 328 valence electrons. The monoisotopic (exact) mass is 818 g/mol. The molecule has 9 heteroatoms. The topological polar surface area (TPSA) is 117 Å². The van der Waals surface area contributed by atoms with Gasteiger partial charge in [0.05, 0.1) is 19.8 Å². The number of unbranched alkanes of at least 4 members (excludes halogenated alkanes) is 15. The van der Waals surface area contributed by atoms with Crippen LogP contribution < -0.4 is 5.73 Å². The first-order valence-corrected chi connectivity index (χ1v) is 24.1. The van der Waals surface area contributed by atoms with Crippen molar-refractivity contribution in [2.24, 2.45) is 5.73 Å². The number of rotatable bonds is 42. The second-order valence-electron chi connectivity index (χ2n) is 14.5. The maximum atomic E-state index is 12.6. The number of carbonyl (C=O) groups excluding carboxylic acids is 1. The third kappa shape index (κ3) is 44.6. The van der Waals surface area contributed by atoms with Crippen LogP contribution in [0, 0.1) is 0 Å². The van der Waals surface area contributed by atoms with Gasteiger partial charge in [0.2, 0.25) is 0 Å². The molecule has 0 aliphatic carbocycles. The molecular formula is C48H84NO7P. The molecule has 0 aromatic heterocycles. The molecule has 0 aromatic rings. The fraction of sp³-hybridized carbons (Fsp3) is 0.688. The van der Waals surface area contributed by atoms with E-state index in [1.165, 1.54) is 77.0 Å². The molecule has 57 heavy (non-hydrogen) atoms. The molecule has 8 nitrogen and oxygen atoms in total. The highest BCUT2D eigenvalue weighted by molar-refractivity contribution is 7.47. The summed E-state index contributed by atoms with van der Waals surface area (Å²) in [4.78, 5) is 22.5. The first-order valence-electron chi connectivity index (χ1n) is 22.6. The Balaban J connectivity index is 4.11. The zero-order valence-corrected chi connectivity index (χ0v) is 37.2. The van der Waals surface area contributed by atoms with E-state index in [2.05, 4.69) is 98.9 Å². The Hall–Kier alpha value is -2.32. The Kier molecular flexibility index (Phi) is 43.0. The lowest BCUT2D eigenvalue weighted by molar-refractivity contribution is -0.154. The van der Waals surface area contributed by atoms with E-state index < -0.39 is 13.9 Å². The van der Waals surface area contributed by atoms with Crippen molar-refractivity contribution >= 4 is 13.8 Å². The standard InChI is InChI=1S/C48H84NO7P/c1-3-5-7-9-11-13-15-17-19-21-23-25-27-29-31-33-35-37-39-41-48(50)56-47(46-55-57(51,52)54-44-42-49)45-53-43-40-38-36-34-32-30-28-26-24-22-20-18-16-14-12-10-8-6-4-2/h5,7,11,13-14,16-17,19-20,22-23,25,29,31,47H,3-4,6,8-10,12,15,18,21,24,26-28,30,32-46,49H2,1-2H3,(H,51,52)/b7-5-,13-11-,16-14-,19-17-,22-20-,25-23-,31-29-. The second kappa shape index (κ2) is 44.8. The van der Waals surface area contributed by atoms with Crippen molar-refractivity contribution in [1.82, 2.24) is 0 Å². The molecule has 0 fully saturated rings. The van der Waals surface area contributed by atoms with Gasteiger partial charge in [-0.05, 0) is 89.9 Å². The van der Waals surface area contributed by atoms with Crippen molar-refractivity contribution in [1.29, 1.82) is 0 Å². The van der Waals surface area contributed by atoms with Gasteiger partial charge in [0.25, 0.3) is 0 Å². The number of esters is 1. The van der Waals surface area contributed by atoms with E-state index in [-0.39, 0.29) is 38.8 Å². The number of hydrogen-bond acceptors (Lipinski definition) is 7. The van der Waals surface area contributed by atoms with Crippen LogP contribution >= 0.6 is 7.82 Å². The smallest absolute Gasteiger partial charge is 0.457 e. The summed E-state index contributed by atoms with van der Waals surface area (Å²) in [6, 6.07) is 0. The summed E-state index contributed by atoms with van der Waals surface area (Å²) in [5.41, 5.74) is 5.37. The predicted octanol–water partition coefficient (Wildman–Crippen LogP) is 13.7. The Labute approximate surface area is 349 Å². The molecule has 0 heterocycles. The number of phosphoric acid groups is 1. The third-order valence-electron chi connectivity index (χ3n) is 9.05. The van der Waals surface area contributed by atoms with Gasteiger partial charge in [0, 0.05) is 19.6 Å². The highest BCUT2D eigenvalue weighted by Crippen LogP contribution is 2.43. The summed E-state index contributed by atoms with van der Waals surface area (Å²) in [6.07, 6.45) is 57.4. The second-order valence-corrected chi connectivity index (χ2v) is 16.0. The van der Waals surface area contributed by atoms with Crippen molar-refractivity contribution < 1.29 is 32.8 Å². The minimum absolute atomic E-state index is 0.0890. The summed E-state index contributed by atoms with van der Waals surface area (Å²) in [5, 5.41) is 0. The fourth-order valence-corrected chi connectivity index (χ4v) is 6.52.